The van der Waals surface area contributed by atoms with Crippen LogP contribution in [0.15, 0.2) is 134 Å². The number of carbonyl (C=O) groups is 2. The number of unbranched alkanes of at least 4 members (excludes halogenated alkanes) is 47. The smallest absolute Gasteiger partial charge is 0.462 e. The zero-order chi connectivity index (χ0) is 76.8. The van der Waals surface area contributed by atoms with E-state index in [-0.39, 0.29) is 25.6 Å². The molecule has 9 nitrogen and oxygen atoms in total. The Hall–Kier alpha value is -3.85. The van der Waals surface area contributed by atoms with Crippen molar-refractivity contribution in [3.05, 3.63) is 134 Å². The molecule has 0 rings (SSSR count). The first-order valence-corrected chi connectivity index (χ1v) is 46.4. The molecule has 2 unspecified atom stereocenters. The van der Waals surface area contributed by atoms with E-state index in [1.54, 1.807) is 0 Å². The van der Waals surface area contributed by atoms with Crippen LogP contribution in [0.1, 0.15) is 412 Å². The van der Waals surface area contributed by atoms with Gasteiger partial charge in [0.15, 0.2) is 6.10 Å². The van der Waals surface area contributed by atoms with Crippen molar-refractivity contribution < 1.29 is 42.1 Å². The maximum atomic E-state index is 13.0. The van der Waals surface area contributed by atoms with Gasteiger partial charge in [-0.2, -0.15) is 0 Å². The quantitative estimate of drug-likeness (QED) is 0.0211. The van der Waals surface area contributed by atoms with Gasteiger partial charge in [0.05, 0.1) is 27.7 Å². The van der Waals surface area contributed by atoms with Crippen LogP contribution in [0.5, 0.6) is 0 Å². The minimum Gasteiger partial charge on any atom is -0.462 e. The Kier molecular flexibility index (Phi) is 82.1. The van der Waals surface area contributed by atoms with Gasteiger partial charge in [0.1, 0.15) is 19.8 Å². The number of rotatable bonds is 83. The summed E-state index contributed by atoms with van der Waals surface area (Å²) in [5.74, 6) is -0.778. The second-order valence-corrected chi connectivity index (χ2v) is 32.7. The molecule has 0 aliphatic heterocycles. The average molecular weight is 1500 g/mol. The molecule has 0 spiro atoms. The molecular formula is C96H171NO8P+. The molecule has 0 fully saturated rings. The van der Waals surface area contributed by atoms with Crippen LogP contribution in [0, 0.1) is 0 Å². The van der Waals surface area contributed by atoms with Crippen molar-refractivity contribution in [3.8, 4) is 0 Å². The number of esters is 2. The van der Waals surface area contributed by atoms with Crippen molar-refractivity contribution in [2.24, 2.45) is 0 Å². The third kappa shape index (κ3) is 89.0. The second kappa shape index (κ2) is 85.2. The van der Waals surface area contributed by atoms with Crippen LogP contribution in [0.25, 0.3) is 0 Å². The number of quaternary nitrogens is 1. The maximum Gasteiger partial charge on any atom is 0.472 e. The highest BCUT2D eigenvalue weighted by atomic mass is 31.2. The molecule has 0 aromatic rings. The lowest BCUT2D eigenvalue weighted by Gasteiger charge is -2.24. The van der Waals surface area contributed by atoms with Crippen LogP contribution in [0.2, 0.25) is 0 Å². The van der Waals surface area contributed by atoms with E-state index < -0.39 is 26.5 Å². The highest BCUT2D eigenvalue weighted by molar-refractivity contribution is 7.47. The Morgan fingerprint density at radius 2 is 0.509 bits per heavy atom. The Morgan fingerprint density at radius 3 is 0.755 bits per heavy atom. The fourth-order valence-corrected chi connectivity index (χ4v) is 13.7. The highest BCUT2D eigenvalue weighted by Crippen LogP contribution is 2.43. The van der Waals surface area contributed by atoms with Gasteiger partial charge in [-0.1, -0.05) is 424 Å². The van der Waals surface area contributed by atoms with Gasteiger partial charge in [0, 0.05) is 12.8 Å². The first kappa shape index (κ1) is 102. The van der Waals surface area contributed by atoms with Crippen molar-refractivity contribution in [1.29, 1.82) is 0 Å². The first-order chi connectivity index (χ1) is 52.0. The molecule has 0 amide bonds. The molecule has 0 saturated heterocycles. The van der Waals surface area contributed by atoms with Crippen LogP contribution in [0.3, 0.4) is 0 Å². The SMILES string of the molecule is CC/C=C\C/C=C\C/C=C\C/C=C\C/C=C\C/C=C\C/C=C\CCCCCCCCCCCCCCCCCCCCCC(=O)OC(COC(=O)CCCCCCCCCCCCCCCCCCCCCCCCCCCCCC/C=C\C/C=C\C/C=C\C/C=C\CC)COP(=O)(O)OCC[N+](C)(C)C. The molecule has 612 valence electrons. The molecule has 0 aliphatic rings. The van der Waals surface area contributed by atoms with E-state index in [2.05, 4.69) is 148 Å². The Balaban J connectivity index is 3.88. The lowest BCUT2D eigenvalue weighted by molar-refractivity contribution is -0.870. The van der Waals surface area contributed by atoms with Gasteiger partial charge >= 0.3 is 19.8 Å². The lowest BCUT2D eigenvalue weighted by Crippen LogP contribution is -2.37. The van der Waals surface area contributed by atoms with E-state index in [1.807, 2.05) is 21.1 Å². The molecule has 0 bridgehead atoms. The zero-order valence-corrected chi connectivity index (χ0v) is 71.0. The normalized spacial score (nSPS) is 13.6. The van der Waals surface area contributed by atoms with Gasteiger partial charge < -0.3 is 18.9 Å². The summed E-state index contributed by atoms with van der Waals surface area (Å²) >= 11 is 0. The number of likely N-dealkylation sites (N-methyl/N-ethyl adjacent to an activating group) is 1. The van der Waals surface area contributed by atoms with Crippen molar-refractivity contribution in [1.82, 2.24) is 0 Å². The number of carbonyl (C=O) groups excluding carboxylic acids is 2. The number of phosphoric acid groups is 1. The Morgan fingerprint density at radius 1 is 0.292 bits per heavy atom. The molecule has 0 aromatic carbocycles. The summed E-state index contributed by atoms with van der Waals surface area (Å²) in [5, 5.41) is 0. The van der Waals surface area contributed by atoms with E-state index in [1.165, 1.54) is 276 Å². The van der Waals surface area contributed by atoms with Gasteiger partial charge in [-0.25, -0.2) is 4.57 Å². The summed E-state index contributed by atoms with van der Waals surface area (Å²) in [7, 11) is 1.49. The minimum absolute atomic E-state index is 0.0312. The molecule has 0 aliphatic carbocycles. The number of hydrogen-bond acceptors (Lipinski definition) is 7. The number of phosphoric ester groups is 1. The lowest BCUT2D eigenvalue weighted by atomic mass is 10.0. The summed E-state index contributed by atoms with van der Waals surface area (Å²) in [6.07, 6.45) is 125. The first-order valence-electron chi connectivity index (χ1n) is 44.9. The van der Waals surface area contributed by atoms with E-state index in [0.29, 0.717) is 23.9 Å². The summed E-state index contributed by atoms with van der Waals surface area (Å²) in [6.45, 7) is 4.26. The van der Waals surface area contributed by atoms with Crippen LogP contribution in [-0.4, -0.2) is 74.9 Å². The molecular weight excluding hydrogens is 1330 g/mol. The Labute approximate surface area is 657 Å². The summed E-state index contributed by atoms with van der Waals surface area (Å²) in [4.78, 5) is 36.1. The monoisotopic (exact) mass is 1500 g/mol. The molecule has 106 heavy (non-hydrogen) atoms. The number of nitrogens with zero attached hydrogens (tertiary/aromatic N) is 1. The summed E-state index contributed by atoms with van der Waals surface area (Å²) < 4.78 is 34.9. The topological polar surface area (TPSA) is 108 Å². The van der Waals surface area contributed by atoms with Crippen LogP contribution in [0.4, 0.5) is 0 Å². The Bertz CT molecular complexity index is 2260. The molecule has 1 N–H and O–H groups in total. The molecule has 2 atom stereocenters. The van der Waals surface area contributed by atoms with Gasteiger partial charge in [-0.3, -0.25) is 18.6 Å². The fourth-order valence-electron chi connectivity index (χ4n) is 12.9. The molecule has 10 heteroatoms. The van der Waals surface area contributed by atoms with E-state index in [4.69, 9.17) is 18.5 Å². The number of allylic oxidation sites excluding steroid dienone is 22. The standard InChI is InChI=1S/C96H170NO8P/c1-6-8-10-12-14-16-18-20-22-24-26-28-30-32-34-36-38-40-42-44-46-48-50-52-54-56-58-60-62-64-66-68-70-72-74-76-78-80-82-84-86-88-95(98)102-92-94(93-104-106(100,101)103-91-90-97(3,4)5)105-96(99)89-87-85-83-81-79-77-75-73-71-69-67-65-63-61-59-57-55-53-51-49-47-45-43-41-39-37-35-33-31-29-27-25-23-21-19-17-15-13-11-9-7-2/h8-11,14-17,20-23,26-29,33,35,39,41,45,47,94H,6-7,12-13,18-19,24-25,30-32,34,36-38,40,42-44,46,48-93H2,1-5H3/p+1/b10-8-,11-9-,16-14-,17-15-,22-20-,23-21-,28-26-,29-27-,35-33-,41-39-,47-45-. The second-order valence-electron chi connectivity index (χ2n) is 31.2. The van der Waals surface area contributed by atoms with Gasteiger partial charge in [0.2, 0.25) is 0 Å². The highest BCUT2D eigenvalue weighted by Gasteiger charge is 2.27. The molecule has 0 aromatic heterocycles. The van der Waals surface area contributed by atoms with Crippen molar-refractivity contribution >= 4 is 19.8 Å². The zero-order valence-electron chi connectivity index (χ0n) is 70.1. The van der Waals surface area contributed by atoms with Crippen molar-refractivity contribution in [2.75, 3.05) is 47.5 Å². The number of ether oxygens (including phenoxy) is 2. The van der Waals surface area contributed by atoms with Gasteiger partial charge in [-0.15, -0.1) is 0 Å². The summed E-state index contributed by atoms with van der Waals surface area (Å²) in [5.41, 5.74) is 0. The van der Waals surface area contributed by atoms with Crippen LogP contribution in [-0.2, 0) is 32.7 Å². The van der Waals surface area contributed by atoms with E-state index in [9.17, 15) is 19.0 Å². The van der Waals surface area contributed by atoms with Crippen LogP contribution >= 0.6 is 7.82 Å². The number of hydrogen-bond donors (Lipinski definition) is 1. The molecule has 0 heterocycles. The third-order valence-electron chi connectivity index (χ3n) is 19.7. The van der Waals surface area contributed by atoms with E-state index >= 15 is 0 Å². The predicted octanol–water partition coefficient (Wildman–Crippen LogP) is 30.6. The minimum atomic E-state index is -4.40. The van der Waals surface area contributed by atoms with Crippen molar-refractivity contribution in [3.63, 3.8) is 0 Å². The third-order valence-corrected chi connectivity index (χ3v) is 20.7. The van der Waals surface area contributed by atoms with Crippen LogP contribution < -0.4 is 0 Å². The van der Waals surface area contributed by atoms with E-state index in [0.717, 1.165) is 103 Å². The summed E-state index contributed by atoms with van der Waals surface area (Å²) in [6, 6.07) is 0. The average Bonchev–Trinajstić information content (AvgIpc) is 0.908. The van der Waals surface area contributed by atoms with Gasteiger partial charge in [-0.05, 0) is 109 Å². The maximum absolute atomic E-state index is 13.0. The molecule has 0 saturated carbocycles. The largest absolute Gasteiger partial charge is 0.472 e. The van der Waals surface area contributed by atoms with Gasteiger partial charge in [0.25, 0.3) is 0 Å². The van der Waals surface area contributed by atoms with Crippen molar-refractivity contribution in [2.45, 2.75) is 418 Å². The predicted molar refractivity (Wildman–Crippen MR) is 464 cm³/mol. The fraction of sp³-hybridized carbons (Fsp3) is 0.750. The molecule has 0 radical (unpaired) electrons.